The predicted molar refractivity (Wildman–Crippen MR) is 163 cm³/mol. The van der Waals surface area contributed by atoms with Gasteiger partial charge in [-0.3, -0.25) is 20.6 Å². The monoisotopic (exact) mass is 582 g/mol. The van der Waals surface area contributed by atoms with E-state index in [0.717, 1.165) is 42.1 Å². The molecule has 1 saturated carbocycles. The lowest BCUT2D eigenvalue weighted by molar-refractivity contribution is -0.130. The largest absolute Gasteiger partial charge is 0.464 e. The third-order valence-electron chi connectivity index (χ3n) is 8.90. The number of piperazine rings is 1. The fraction of sp³-hybridized carbons (Fsp3) is 0.484. The maximum Gasteiger partial charge on any atom is 0.301 e. The Balaban J connectivity index is 1.27. The van der Waals surface area contributed by atoms with Crippen molar-refractivity contribution in [3.63, 3.8) is 0 Å². The number of rotatable bonds is 11. The Morgan fingerprint density at radius 1 is 1.20 bits per heavy atom. The molecular weight excluding hydrogens is 543 g/mol. The van der Waals surface area contributed by atoms with Gasteiger partial charge in [-0.2, -0.15) is 0 Å². The van der Waals surface area contributed by atoms with Gasteiger partial charge in [0.2, 0.25) is 0 Å². The second-order valence-electron chi connectivity index (χ2n) is 11.7. The number of allylic oxidation sites excluding steroid dienone is 1. The number of benzene rings is 2. The van der Waals surface area contributed by atoms with Crippen LogP contribution in [0.15, 0.2) is 60.1 Å². The molecule has 2 N–H and O–H groups in total. The molecule has 2 aromatic carbocycles. The SMILES string of the molecule is C=C(F)C(=O)N1CCN(C2=C(CCN(NC(=N)OCC3(C(C)N(C)C)CC3)c3cccc4cccc(Cl)c34)C2)CC1. The van der Waals surface area contributed by atoms with Gasteiger partial charge >= 0.3 is 6.02 Å². The van der Waals surface area contributed by atoms with Crippen molar-refractivity contribution < 1.29 is 13.9 Å². The molecule has 1 aliphatic heterocycles. The number of hydrogen-bond donors (Lipinski definition) is 2. The molecule has 0 bridgehead atoms. The second kappa shape index (κ2) is 11.9. The van der Waals surface area contributed by atoms with Crippen LogP contribution in [-0.2, 0) is 9.53 Å². The molecule has 3 aliphatic rings. The third kappa shape index (κ3) is 6.46. The summed E-state index contributed by atoms with van der Waals surface area (Å²) in [6, 6.07) is 12.3. The van der Waals surface area contributed by atoms with E-state index in [1.807, 2.05) is 41.4 Å². The highest BCUT2D eigenvalue weighted by Crippen LogP contribution is 2.50. The topological polar surface area (TPSA) is 75.1 Å². The van der Waals surface area contributed by atoms with Crippen LogP contribution < -0.4 is 10.4 Å². The molecule has 1 atom stereocenters. The Hall–Kier alpha value is -3.30. The molecule has 8 nitrogen and oxygen atoms in total. The molecule has 0 radical (unpaired) electrons. The van der Waals surface area contributed by atoms with Crippen LogP contribution in [0.1, 0.15) is 32.6 Å². The van der Waals surface area contributed by atoms with Crippen LogP contribution in [-0.4, -0.2) is 86.1 Å². The zero-order valence-corrected chi connectivity index (χ0v) is 24.9. The number of hydrogen-bond acceptors (Lipinski definition) is 6. The normalized spacial score (nSPS) is 18.4. The third-order valence-corrected chi connectivity index (χ3v) is 9.21. The number of nitrogens with zero attached hydrogens (tertiary/aromatic N) is 4. The van der Waals surface area contributed by atoms with Gasteiger partial charge in [0, 0.05) is 61.7 Å². The van der Waals surface area contributed by atoms with Crippen molar-refractivity contribution in [2.24, 2.45) is 5.41 Å². The van der Waals surface area contributed by atoms with Crippen molar-refractivity contribution in [3.05, 3.63) is 65.1 Å². The van der Waals surface area contributed by atoms with Crippen molar-refractivity contribution in [3.8, 4) is 0 Å². The summed E-state index contributed by atoms with van der Waals surface area (Å²) in [5.41, 5.74) is 6.85. The molecule has 220 valence electrons. The van der Waals surface area contributed by atoms with Crippen molar-refractivity contribution in [1.82, 2.24) is 20.1 Å². The highest BCUT2D eigenvalue weighted by Gasteiger charge is 2.49. The second-order valence-corrected chi connectivity index (χ2v) is 12.1. The number of ether oxygens (including phenoxy) is 1. The van der Waals surface area contributed by atoms with Crippen molar-refractivity contribution in [2.75, 3.05) is 58.4 Å². The van der Waals surface area contributed by atoms with E-state index < -0.39 is 11.7 Å². The molecule has 5 rings (SSSR count). The lowest BCUT2D eigenvalue weighted by Gasteiger charge is -2.34. The summed E-state index contributed by atoms with van der Waals surface area (Å²) in [6.07, 6.45) is 3.93. The van der Waals surface area contributed by atoms with E-state index in [1.165, 1.54) is 16.2 Å². The average molecular weight is 583 g/mol. The zero-order chi connectivity index (χ0) is 29.3. The number of halogens is 2. The number of anilines is 1. The molecule has 2 aliphatic carbocycles. The summed E-state index contributed by atoms with van der Waals surface area (Å²) in [4.78, 5) is 17.9. The van der Waals surface area contributed by atoms with Gasteiger partial charge < -0.3 is 19.4 Å². The Labute approximate surface area is 246 Å². The van der Waals surface area contributed by atoms with Crippen LogP contribution in [0.25, 0.3) is 10.8 Å². The van der Waals surface area contributed by atoms with Gasteiger partial charge in [-0.05, 0) is 63.4 Å². The fourth-order valence-corrected chi connectivity index (χ4v) is 6.10. The molecule has 1 amide bonds. The van der Waals surface area contributed by atoms with Crippen LogP contribution in [0.5, 0.6) is 0 Å². The van der Waals surface area contributed by atoms with Crippen LogP contribution in [0.2, 0.25) is 5.02 Å². The Morgan fingerprint density at radius 3 is 2.51 bits per heavy atom. The first-order valence-corrected chi connectivity index (χ1v) is 14.7. The molecular formula is C31H40ClFN6O2. The highest BCUT2D eigenvalue weighted by molar-refractivity contribution is 6.36. The predicted octanol–water partition coefficient (Wildman–Crippen LogP) is 5.16. The van der Waals surface area contributed by atoms with E-state index in [1.54, 1.807) is 0 Å². The van der Waals surface area contributed by atoms with E-state index in [9.17, 15) is 9.18 Å². The van der Waals surface area contributed by atoms with E-state index in [0.29, 0.717) is 50.4 Å². The van der Waals surface area contributed by atoms with Crippen LogP contribution in [0, 0.1) is 10.8 Å². The van der Waals surface area contributed by atoms with Gasteiger partial charge in [0.05, 0.1) is 17.3 Å². The van der Waals surface area contributed by atoms with Gasteiger partial charge in [0.1, 0.15) is 0 Å². The molecule has 2 aromatic rings. The number of hydrazine groups is 1. The fourth-order valence-electron chi connectivity index (χ4n) is 5.82. The lowest BCUT2D eigenvalue weighted by atomic mass is 9.98. The minimum atomic E-state index is -0.903. The summed E-state index contributed by atoms with van der Waals surface area (Å²) in [7, 11) is 4.17. The van der Waals surface area contributed by atoms with Gasteiger partial charge in [-0.15, -0.1) is 0 Å². The minimum absolute atomic E-state index is 0.0199. The smallest absolute Gasteiger partial charge is 0.301 e. The highest BCUT2D eigenvalue weighted by atomic mass is 35.5. The number of amidine groups is 1. The van der Waals surface area contributed by atoms with Crippen molar-refractivity contribution in [1.29, 1.82) is 5.41 Å². The number of amides is 1. The first kappa shape index (κ1) is 29.2. The van der Waals surface area contributed by atoms with Crippen LogP contribution >= 0.6 is 11.6 Å². The molecule has 1 unspecified atom stereocenters. The molecule has 1 heterocycles. The number of fused-ring (bicyclic) bond motifs is 1. The van der Waals surface area contributed by atoms with E-state index >= 15 is 0 Å². The van der Waals surface area contributed by atoms with Gasteiger partial charge in [-0.25, -0.2) is 4.39 Å². The van der Waals surface area contributed by atoms with Gasteiger partial charge in [0.15, 0.2) is 5.83 Å². The van der Waals surface area contributed by atoms with E-state index in [4.69, 9.17) is 21.7 Å². The van der Waals surface area contributed by atoms with Crippen molar-refractivity contribution >= 4 is 40.0 Å². The standard InChI is InChI=1S/C31H40ClFN6O2/c1-21(33)29(40)38-17-15-37(16-18-38)27-19-24(27)11-14-39(26-10-6-8-23-7-5-9-25(32)28(23)26)35-30(34)41-20-31(12-13-31)22(2)36(3)4/h5-10,22H,1,11-20H2,2-4H3,(H2,34,35). The maximum absolute atomic E-state index is 13.3. The lowest BCUT2D eigenvalue weighted by Crippen LogP contribution is -2.47. The van der Waals surface area contributed by atoms with Gasteiger partial charge in [-0.1, -0.05) is 42.4 Å². The minimum Gasteiger partial charge on any atom is -0.464 e. The molecule has 0 aromatic heterocycles. The first-order valence-electron chi connectivity index (χ1n) is 14.3. The molecule has 2 fully saturated rings. The summed E-state index contributed by atoms with van der Waals surface area (Å²) in [5.74, 6) is -1.52. The summed E-state index contributed by atoms with van der Waals surface area (Å²) >= 11 is 6.67. The molecule has 10 heteroatoms. The van der Waals surface area contributed by atoms with E-state index in [-0.39, 0.29) is 11.4 Å². The first-order chi connectivity index (χ1) is 19.6. The summed E-state index contributed by atoms with van der Waals surface area (Å²) < 4.78 is 19.3. The molecule has 0 spiro atoms. The van der Waals surface area contributed by atoms with Crippen LogP contribution in [0.4, 0.5) is 10.1 Å². The maximum atomic E-state index is 13.3. The average Bonchev–Trinajstić information content (AvgIpc) is 3.89. The number of carbonyl (C=O) groups excluding carboxylic acids is 1. The summed E-state index contributed by atoms with van der Waals surface area (Å²) in [5, 5.41) is 13.2. The summed E-state index contributed by atoms with van der Waals surface area (Å²) in [6.45, 7) is 8.82. The Morgan fingerprint density at radius 2 is 1.88 bits per heavy atom. The molecule has 41 heavy (non-hydrogen) atoms. The van der Waals surface area contributed by atoms with E-state index in [2.05, 4.69) is 42.8 Å². The van der Waals surface area contributed by atoms with Gasteiger partial charge in [0.25, 0.3) is 5.91 Å². The number of carbonyl (C=O) groups is 1. The Kier molecular flexibility index (Phi) is 8.47. The Bertz CT molecular complexity index is 1360. The van der Waals surface area contributed by atoms with Crippen LogP contribution in [0.3, 0.4) is 0 Å². The van der Waals surface area contributed by atoms with Crippen molar-refractivity contribution in [2.45, 2.75) is 38.6 Å². The molecule has 1 saturated heterocycles. The zero-order valence-electron chi connectivity index (χ0n) is 24.2. The number of nitrogens with one attached hydrogen (secondary N) is 2. The quantitative estimate of drug-likeness (QED) is 0.165.